The highest BCUT2D eigenvalue weighted by atomic mass is 16.4. The molecule has 0 saturated heterocycles. The molecule has 2 aromatic rings. The van der Waals surface area contributed by atoms with E-state index in [1.165, 1.54) is 5.56 Å². The summed E-state index contributed by atoms with van der Waals surface area (Å²) in [7, 11) is 1.56. The Morgan fingerprint density at radius 1 is 1.30 bits per heavy atom. The zero-order valence-electron chi connectivity index (χ0n) is 11.2. The number of primary amides is 1. The molecule has 3 N–H and O–H groups in total. The Morgan fingerprint density at radius 3 is 2.60 bits per heavy atom. The fraction of sp³-hybridized carbons (Fsp3) is 0.200. The maximum absolute atomic E-state index is 11.1. The van der Waals surface area contributed by atoms with E-state index < -0.39 is 5.91 Å². The van der Waals surface area contributed by atoms with E-state index in [-0.39, 0.29) is 5.76 Å². The molecule has 1 aromatic carbocycles. The molecular formula is C15H16N2O3. The lowest BCUT2D eigenvalue weighted by molar-refractivity contribution is -0.109. The second kappa shape index (κ2) is 6.06. The highest BCUT2D eigenvalue weighted by Gasteiger charge is 2.21. The van der Waals surface area contributed by atoms with Crippen molar-refractivity contribution in [3.05, 3.63) is 47.2 Å². The molecule has 1 aliphatic carbocycles. The summed E-state index contributed by atoms with van der Waals surface area (Å²) < 4.78 is 5.52. The number of rotatable bonds is 2. The lowest BCUT2D eigenvalue weighted by Gasteiger charge is -2.13. The van der Waals surface area contributed by atoms with Crippen molar-refractivity contribution in [1.29, 1.82) is 0 Å². The predicted octanol–water partition coefficient (Wildman–Crippen LogP) is 1.51. The van der Waals surface area contributed by atoms with Crippen LogP contribution < -0.4 is 11.1 Å². The van der Waals surface area contributed by atoms with Gasteiger partial charge >= 0.3 is 0 Å². The summed E-state index contributed by atoms with van der Waals surface area (Å²) in [5.74, 6) is 0.546. The molecule has 0 radical (unpaired) electrons. The minimum atomic E-state index is -0.508. The first-order chi connectivity index (χ1) is 9.67. The van der Waals surface area contributed by atoms with Gasteiger partial charge in [-0.1, -0.05) is 24.3 Å². The number of hydrogen-bond donors (Lipinski definition) is 2. The van der Waals surface area contributed by atoms with Crippen molar-refractivity contribution in [2.75, 3.05) is 7.05 Å². The van der Waals surface area contributed by atoms with Gasteiger partial charge < -0.3 is 15.5 Å². The molecule has 20 heavy (non-hydrogen) atoms. The molecule has 0 aliphatic heterocycles. The van der Waals surface area contributed by atoms with Gasteiger partial charge in [0.15, 0.2) is 5.76 Å². The van der Waals surface area contributed by atoms with Crippen molar-refractivity contribution in [3.8, 4) is 11.3 Å². The Labute approximate surface area is 116 Å². The van der Waals surface area contributed by atoms with Gasteiger partial charge in [0.2, 0.25) is 6.41 Å². The van der Waals surface area contributed by atoms with E-state index in [9.17, 15) is 4.79 Å². The number of hydrogen-bond acceptors (Lipinski definition) is 3. The molecule has 1 aliphatic rings. The zero-order valence-corrected chi connectivity index (χ0v) is 11.2. The van der Waals surface area contributed by atoms with E-state index in [0.717, 1.165) is 29.7 Å². The molecule has 0 saturated carbocycles. The lowest BCUT2D eigenvalue weighted by Crippen LogP contribution is -2.09. The van der Waals surface area contributed by atoms with Gasteiger partial charge in [-0.2, -0.15) is 0 Å². The maximum atomic E-state index is 11.1. The van der Waals surface area contributed by atoms with Crippen molar-refractivity contribution < 1.29 is 14.0 Å². The maximum Gasteiger partial charge on any atom is 0.284 e. The third-order valence-electron chi connectivity index (χ3n) is 3.10. The summed E-state index contributed by atoms with van der Waals surface area (Å²) in [5, 5.41) is 2.25. The number of benzene rings is 1. The van der Waals surface area contributed by atoms with Crippen LogP contribution in [0, 0.1) is 0 Å². The van der Waals surface area contributed by atoms with E-state index in [1.54, 1.807) is 13.1 Å². The quantitative estimate of drug-likeness (QED) is 0.812. The highest BCUT2D eigenvalue weighted by molar-refractivity contribution is 5.91. The first-order valence-electron chi connectivity index (χ1n) is 6.29. The van der Waals surface area contributed by atoms with Crippen molar-refractivity contribution >= 4 is 12.3 Å². The summed E-state index contributed by atoms with van der Waals surface area (Å²) in [6.45, 7) is 0. The molecule has 5 heteroatoms. The summed E-state index contributed by atoms with van der Waals surface area (Å²) in [6.07, 6.45) is 2.52. The van der Waals surface area contributed by atoms with E-state index in [0.29, 0.717) is 6.41 Å². The van der Waals surface area contributed by atoms with Gasteiger partial charge in [0.25, 0.3) is 5.91 Å². The van der Waals surface area contributed by atoms with Gasteiger partial charge in [-0.25, -0.2) is 0 Å². The van der Waals surface area contributed by atoms with Crippen LogP contribution in [0.3, 0.4) is 0 Å². The van der Waals surface area contributed by atoms with Crippen LogP contribution in [0.5, 0.6) is 0 Å². The zero-order chi connectivity index (χ0) is 14.5. The number of aryl methyl sites for hydroxylation is 2. The second-order valence-corrected chi connectivity index (χ2v) is 4.39. The molecule has 1 heterocycles. The number of nitrogens with two attached hydrogens (primary N) is 1. The average Bonchev–Trinajstić information content (AvgIpc) is 2.92. The van der Waals surface area contributed by atoms with E-state index in [2.05, 4.69) is 11.4 Å². The molecule has 2 amide bonds. The molecule has 0 atom stereocenters. The predicted molar refractivity (Wildman–Crippen MR) is 75.2 cm³/mol. The molecule has 0 unspecified atom stereocenters. The third kappa shape index (κ3) is 2.71. The van der Waals surface area contributed by atoms with E-state index >= 15 is 0 Å². The Balaban J connectivity index is 0.000000328. The molecule has 0 fully saturated rings. The van der Waals surface area contributed by atoms with Gasteiger partial charge in [-0.05, 0) is 30.0 Å². The summed E-state index contributed by atoms with van der Waals surface area (Å²) >= 11 is 0. The fourth-order valence-corrected chi connectivity index (χ4v) is 2.19. The smallest absolute Gasteiger partial charge is 0.284 e. The Kier molecular flexibility index (Phi) is 4.20. The molecule has 5 nitrogen and oxygen atoms in total. The third-order valence-corrected chi connectivity index (χ3v) is 3.10. The van der Waals surface area contributed by atoms with Gasteiger partial charge in [0.05, 0.1) is 0 Å². The number of fused-ring (bicyclic) bond motifs is 3. The molecular weight excluding hydrogens is 256 g/mol. The standard InChI is InChI=1S/C13H11NO2.C2H5NO/c14-13(15)11-7-9-6-5-8-3-1-2-4-10(8)12(9)16-11;1-3-2-4/h1-4,7H,5-6H2,(H2,14,15);2H,1H3,(H,3,4). The molecule has 3 rings (SSSR count). The highest BCUT2D eigenvalue weighted by Crippen LogP contribution is 2.35. The van der Waals surface area contributed by atoms with Crippen LogP contribution in [-0.4, -0.2) is 19.4 Å². The van der Waals surface area contributed by atoms with E-state index in [4.69, 9.17) is 14.9 Å². The summed E-state index contributed by atoms with van der Waals surface area (Å²) in [4.78, 5) is 20.1. The Morgan fingerprint density at radius 2 is 1.95 bits per heavy atom. The van der Waals surface area contributed by atoms with Crippen molar-refractivity contribution in [2.45, 2.75) is 12.8 Å². The van der Waals surface area contributed by atoms with Crippen molar-refractivity contribution in [2.24, 2.45) is 5.73 Å². The minimum Gasteiger partial charge on any atom is -0.451 e. The Bertz CT molecular complexity index is 632. The normalized spacial score (nSPS) is 11.4. The van der Waals surface area contributed by atoms with Crippen LogP contribution in [0.25, 0.3) is 11.3 Å². The van der Waals surface area contributed by atoms with Gasteiger partial charge in [-0.3, -0.25) is 9.59 Å². The fourth-order valence-electron chi connectivity index (χ4n) is 2.19. The number of nitrogens with one attached hydrogen (secondary N) is 1. The molecule has 0 spiro atoms. The topological polar surface area (TPSA) is 85.3 Å². The van der Waals surface area contributed by atoms with Crippen molar-refractivity contribution in [1.82, 2.24) is 5.32 Å². The van der Waals surface area contributed by atoms with Gasteiger partial charge in [-0.15, -0.1) is 0 Å². The molecule has 0 bridgehead atoms. The largest absolute Gasteiger partial charge is 0.451 e. The van der Waals surface area contributed by atoms with Gasteiger partial charge in [0.1, 0.15) is 5.76 Å². The minimum absolute atomic E-state index is 0.252. The van der Waals surface area contributed by atoms with Gasteiger partial charge in [0, 0.05) is 12.6 Å². The SMILES string of the molecule is CNC=O.NC(=O)c1cc2c(o1)-c1ccccc1CC2. The first-order valence-corrected chi connectivity index (χ1v) is 6.29. The van der Waals surface area contributed by atoms with E-state index in [1.807, 2.05) is 18.2 Å². The number of carbonyl (C=O) groups excluding carboxylic acids is 2. The van der Waals surface area contributed by atoms with Crippen LogP contribution >= 0.6 is 0 Å². The summed E-state index contributed by atoms with van der Waals surface area (Å²) in [6, 6.07) is 9.85. The van der Waals surface area contributed by atoms with Crippen LogP contribution in [0.1, 0.15) is 21.7 Å². The van der Waals surface area contributed by atoms with Crippen LogP contribution in [0.15, 0.2) is 34.7 Å². The van der Waals surface area contributed by atoms with Crippen LogP contribution in [0.4, 0.5) is 0 Å². The first kappa shape index (κ1) is 13.9. The molecule has 104 valence electrons. The second-order valence-electron chi connectivity index (χ2n) is 4.39. The van der Waals surface area contributed by atoms with Crippen LogP contribution in [0.2, 0.25) is 0 Å². The molecule has 1 aromatic heterocycles. The van der Waals surface area contributed by atoms with Crippen LogP contribution in [-0.2, 0) is 17.6 Å². The monoisotopic (exact) mass is 272 g/mol. The Hall–Kier alpha value is -2.56. The lowest BCUT2D eigenvalue weighted by atomic mass is 9.91. The van der Waals surface area contributed by atoms with Crippen molar-refractivity contribution in [3.63, 3.8) is 0 Å². The number of carbonyl (C=O) groups is 2. The summed E-state index contributed by atoms with van der Waals surface area (Å²) in [5.41, 5.74) is 8.63. The number of furan rings is 1. The average molecular weight is 272 g/mol. The number of amides is 2.